The normalized spacial score (nSPS) is 20.6. The van der Waals surface area contributed by atoms with Gasteiger partial charge in [0.1, 0.15) is 23.2 Å². The third kappa shape index (κ3) is 4.92. The molecule has 0 aromatic carbocycles. The number of hydrogen-bond donors (Lipinski definition) is 4. The first kappa shape index (κ1) is 23.3. The molecule has 1 atom stereocenters. The van der Waals surface area contributed by atoms with E-state index in [4.69, 9.17) is 22.1 Å². The molecule has 2 aliphatic rings. The van der Waals surface area contributed by atoms with Crippen molar-refractivity contribution in [1.29, 1.82) is 0 Å². The van der Waals surface area contributed by atoms with Crippen molar-refractivity contribution in [2.24, 2.45) is 10.7 Å². The van der Waals surface area contributed by atoms with Gasteiger partial charge in [-0.05, 0) is 6.07 Å². The average Bonchev–Trinajstić information content (AvgIpc) is 3.17. The molecule has 0 aliphatic carbocycles. The molecule has 178 valence electrons. The van der Waals surface area contributed by atoms with Crippen molar-refractivity contribution in [3.05, 3.63) is 40.7 Å². The van der Waals surface area contributed by atoms with E-state index in [1.165, 1.54) is 13.2 Å². The van der Waals surface area contributed by atoms with Gasteiger partial charge in [-0.25, -0.2) is 9.37 Å². The zero-order valence-corrected chi connectivity index (χ0v) is 18.4. The first-order valence-corrected chi connectivity index (χ1v) is 10.6. The van der Waals surface area contributed by atoms with Crippen LogP contribution in [0.1, 0.15) is 24.6 Å². The number of rotatable bonds is 6. The van der Waals surface area contributed by atoms with Gasteiger partial charge in [0, 0.05) is 56.4 Å². The van der Waals surface area contributed by atoms with Crippen molar-refractivity contribution < 1.29 is 22.7 Å². The molecule has 4 heterocycles. The number of carbonyl (C=O) groups excluding carboxylic acids is 1. The lowest BCUT2D eigenvalue weighted by molar-refractivity contribution is -0.145. The summed E-state index contributed by atoms with van der Waals surface area (Å²) in [6.07, 6.45) is 3.81. The summed E-state index contributed by atoms with van der Waals surface area (Å²) in [5.74, 6) is -1.45. The number of aliphatic imine (C=N–C) groups is 1. The molecule has 4 rings (SSSR count). The zero-order valence-electron chi connectivity index (χ0n) is 17.7. The number of aromatic amines is 1. The third-order valence-corrected chi connectivity index (χ3v) is 5.80. The van der Waals surface area contributed by atoms with E-state index >= 15 is 0 Å². The molecule has 0 saturated carbocycles. The number of fused-ring (bicyclic) bond motifs is 1. The predicted molar refractivity (Wildman–Crippen MR) is 116 cm³/mol. The van der Waals surface area contributed by atoms with Gasteiger partial charge in [-0.1, -0.05) is 11.6 Å². The number of aromatic nitrogens is 2. The van der Waals surface area contributed by atoms with Gasteiger partial charge in [0.15, 0.2) is 5.83 Å². The van der Waals surface area contributed by atoms with Crippen LogP contribution in [0.4, 0.5) is 13.2 Å². The molecule has 0 spiro atoms. The quantitative estimate of drug-likeness (QED) is 0.465. The third-order valence-electron chi connectivity index (χ3n) is 5.60. The standard InChI is InChI=1S/C20H23ClF3N7O2/c1-31(10-20(23,24)25)18(32)19(2-4-33-5-3-19)30-17-14(22)9-28-16(29-17)13-8-27-15-12(13)6-11(21)7-26-15/h6-9,16,29-30H,2-5,10,25H2,1H3,(H,26,27). The van der Waals surface area contributed by atoms with Crippen LogP contribution in [0.25, 0.3) is 11.0 Å². The first-order chi connectivity index (χ1) is 15.6. The smallest absolute Gasteiger partial charge is 0.317 e. The summed E-state index contributed by atoms with van der Waals surface area (Å²) in [5, 5.41) is 7.00. The van der Waals surface area contributed by atoms with Gasteiger partial charge in [0.25, 0.3) is 0 Å². The molecule has 1 saturated heterocycles. The van der Waals surface area contributed by atoms with Crippen LogP contribution in [0.2, 0.25) is 5.02 Å². The van der Waals surface area contributed by atoms with E-state index in [1.807, 2.05) is 0 Å². The van der Waals surface area contributed by atoms with Gasteiger partial charge >= 0.3 is 6.05 Å². The van der Waals surface area contributed by atoms with Gasteiger partial charge in [0.05, 0.1) is 17.8 Å². The highest BCUT2D eigenvalue weighted by atomic mass is 35.5. The molecule has 33 heavy (non-hydrogen) atoms. The molecule has 2 aliphatic heterocycles. The van der Waals surface area contributed by atoms with E-state index < -0.39 is 36.0 Å². The lowest BCUT2D eigenvalue weighted by Gasteiger charge is -2.41. The van der Waals surface area contributed by atoms with Gasteiger partial charge in [0.2, 0.25) is 5.91 Å². The van der Waals surface area contributed by atoms with Crippen LogP contribution in [-0.2, 0) is 9.53 Å². The second-order valence-corrected chi connectivity index (χ2v) is 8.52. The average molecular weight is 486 g/mol. The van der Waals surface area contributed by atoms with Crippen LogP contribution in [-0.4, -0.2) is 65.4 Å². The van der Waals surface area contributed by atoms with Gasteiger partial charge in [-0.15, -0.1) is 0 Å². The van der Waals surface area contributed by atoms with Crippen LogP contribution in [0.3, 0.4) is 0 Å². The minimum atomic E-state index is -3.56. The number of pyridine rings is 1. The maximum absolute atomic E-state index is 14.8. The molecule has 1 unspecified atom stereocenters. The van der Waals surface area contributed by atoms with Crippen LogP contribution in [0, 0.1) is 0 Å². The second-order valence-electron chi connectivity index (χ2n) is 8.08. The number of amides is 1. The number of allylic oxidation sites excluding steroid dienone is 1. The Kier molecular flexibility index (Phi) is 6.25. The largest absolute Gasteiger partial charge is 0.381 e. The number of likely N-dealkylation sites (N-methyl/N-ethyl adjacent to an activating group) is 1. The molecule has 2 aromatic rings. The number of nitrogens with two attached hydrogens (primary N) is 1. The van der Waals surface area contributed by atoms with E-state index in [1.54, 1.807) is 12.3 Å². The van der Waals surface area contributed by atoms with Crippen LogP contribution < -0.4 is 16.4 Å². The number of hydrogen-bond acceptors (Lipinski definition) is 7. The van der Waals surface area contributed by atoms with E-state index in [-0.39, 0.29) is 31.9 Å². The summed E-state index contributed by atoms with van der Waals surface area (Å²) in [7, 11) is 1.23. The van der Waals surface area contributed by atoms with Crippen molar-refractivity contribution in [1.82, 2.24) is 25.5 Å². The Hall–Kier alpha value is -2.83. The number of nitrogens with one attached hydrogen (secondary N) is 3. The Morgan fingerprint density at radius 2 is 2.18 bits per heavy atom. The summed E-state index contributed by atoms with van der Waals surface area (Å²) in [6.45, 7) is -0.576. The fourth-order valence-electron chi connectivity index (χ4n) is 4.03. The number of nitrogens with zero attached hydrogens (tertiary/aromatic N) is 3. The number of H-pyrrole nitrogens is 1. The van der Waals surface area contributed by atoms with Gasteiger partial charge in [-0.3, -0.25) is 15.5 Å². The van der Waals surface area contributed by atoms with Crippen molar-refractivity contribution in [3.8, 4) is 0 Å². The molecular weight excluding hydrogens is 463 g/mol. The molecule has 1 fully saturated rings. The predicted octanol–water partition coefficient (Wildman–Crippen LogP) is 2.18. The molecule has 5 N–H and O–H groups in total. The SMILES string of the molecule is CN(CC(N)(F)F)C(=O)C1(NC2=C(F)C=NC(c3c[nH]c4ncc(Cl)cc34)N2)CCOCC1. The Balaban J connectivity index is 1.60. The number of halogens is 4. The maximum atomic E-state index is 14.8. The number of alkyl halides is 2. The summed E-state index contributed by atoms with van der Waals surface area (Å²) in [6, 6.07) is -1.85. The molecule has 0 radical (unpaired) electrons. The van der Waals surface area contributed by atoms with E-state index in [9.17, 15) is 18.0 Å². The Labute approximate surface area is 192 Å². The van der Waals surface area contributed by atoms with E-state index in [2.05, 4.69) is 25.6 Å². The fraction of sp³-hybridized carbons (Fsp3) is 0.450. The topological polar surface area (TPSA) is 121 Å². The van der Waals surface area contributed by atoms with Crippen LogP contribution in [0.15, 0.2) is 35.1 Å². The second kappa shape index (κ2) is 8.84. The molecule has 0 bridgehead atoms. The lowest BCUT2D eigenvalue weighted by atomic mass is 9.88. The minimum Gasteiger partial charge on any atom is -0.381 e. The highest BCUT2D eigenvalue weighted by molar-refractivity contribution is 6.31. The number of ether oxygens (including phenoxy) is 1. The molecular formula is C20H23ClF3N7O2. The molecule has 2 aromatic heterocycles. The van der Waals surface area contributed by atoms with Gasteiger partial charge < -0.3 is 25.3 Å². The Morgan fingerprint density at radius 3 is 2.88 bits per heavy atom. The number of carbonyl (C=O) groups is 1. The highest BCUT2D eigenvalue weighted by Gasteiger charge is 2.44. The maximum Gasteiger partial charge on any atom is 0.317 e. The van der Waals surface area contributed by atoms with Gasteiger partial charge in [-0.2, -0.15) is 8.78 Å². The van der Waals surface area contributed by atoms with Crippen molar-refractivity contribution in [2.75, 3.05) is 26.8 Å². The van der Waals surface area contributed by atoms with Crippen molar-refractivity contribution in [3.63, 3.8) is 0 Å². The first-order valence-electron chi connectivity index (χ1n) is 10.2. The minimum absolute atomic E-state index is 0.0810. The lowest BCUT2D eigenvalue weighted by Crippen LogP contribution is -2.62. The van der Waals surface area contributed by atoms with E-state index in [0.717, 1.165) is 11.1 Å². The Morgan fingerprint density at radius 1 is 1.45 bits per heavy atom. The molecule has 9 nitrogen and oxygen atoms in total. The monoisotopic (exact) mass is 485 g/mol. The fourth-order valence-corrected chi connectivity index (χ4v) is 4.19. The summed E-state index contributed by atoms with van der Waals surface area (Å²) in [5.41, 5.74) is 4.67. The molecule has 1 amide bonds. The van der Waals surface area contributed by atoms with Crippen LogP contribution >= 0.6 is 11.6 Å². The Bertz CT molecular complexity index is 1110. The van der Waals surface area contributed by atoms with Crippen molar-refractivity contribution in [2.45, 2.75) is 30.6 Å². The van der Waals surface area contributed by atoms with Crippen molar-refractivity contribution >= 4 is 34.8 Å². The highest BCUT2D eigenvalue weighted by Crippen LogP contribution is 2.31. The summed E-state index contributed by atoms with van der Waals surface area (Å²) < 4.78 is 46.8. The summed E-state index contributed by atoms with van der Waals surface area (Å²) >= 11 is 6.06. The summed E-state index contributed by atoms with van der Waals surface area (Å²) in [4.78, 5) is 25.4. The molecule has 13 heteroatoms. The van der Waals surface area contributed by atoms with E-state index in [0.29, 0.717) is 21.6 Å². The zero-order chi connectivity index (χ0) is 23.8. The van der Waals surface area contributed by atoms with Crippen LogP contribution in [0.5, 0.6) is 0 Å².